The zero-order valence-corrected chi connectivity index (χ0v) is 12.7. The topological polar surface area (TPSA) is 52.8 Å². The molecule has 2 heterocycles. The van der Waals surface area contributed by atoms with Crippen LogP contribution in [0.5, 0.6) is 5.88 Å². The van der Waals surface area contributed by atoms with Crippen LogP contribution in [0, 0.1) is 5.41 Å². The predicted octanol–water partition coefficient (Wildman–Crippen LogP) is 3.18. The Morgan fingerprint density at radius 1 is 1.37 bits per heavy atom. The predicted molar refractivity (Wildman–Crippen MR) is 75.6 cm³/mol. The van der Waals surface area contributed by atoms with Crippen LogP contribution in [0.3, 0.4) is 0 Å². The van der Waals surface area contributed by atoms with E-state index in [-0.39, 0.29) is 10.8 Å². The molecule has 19 heavy (non-hydrogen) atoms. The molecule has 104 valence electrons. The Bertz CT molecular complexity index is 586. The molecule has 0 saturated carbocycles. The fourth-order valence-electron chi connectivity index (χ4n) is 2.02. The molecule has 0 aliphatic carbocycles. The van der Waals surface area contributed by atoms with E-state index in [9.17, 15) is 0 Å². The minimum atomic E-state index is -0.193. The van der Waals surface area contributed by atoms with Gasteiger partial charge in [0.05, 0.1) is 12.5 Å². The van der Waals surface area contributed by atoms with Crippen LogP contribution < -0.4 is 4.74 Å². The van der Waals surface area contributed by atoms with Crippen molar-refractivity contribution in [2.75, 3.05) is 7.11 Å². The van der Waals surface area contributed by atoms with Crippen molar-refractivity contribution in [1.29, 1.82) is 0 Å². The summed E-state index contributed by atoms with van der Waals surface area (Å²) in [5.74, 6) is 1.28. The molecule has 1 atom stereocenters. The number of hydrogen-bond acceptors (Lipinski definition) is 4. The molecule has 0 bridgehead atoms. The molecule has 0 spiro atoms. The molecular weight excluding hydrogens is 264 g/mol. The molecule has 2 aromatic rings. The number of aromatic nitrogens is 4. The van der Waals surface area contributed by atoms with Crippen molar-refractivity contribution in [3.63, 3.8) is 0 Å². The van der Waals surface area contributed by atoms with Gasteiger partial charge in [0.25, 0.3) is 0 Å². The first-order chi connectivity index (χ1) is 8.83. The Morgan fingerprint density at radius 2 is 2.05 bits per heavy atom. The summed E-state index contributed by atoms with van der Waals surface area (Å²) >= 11 is 6.23. The van der Waals surface area contributed by atoms with Gasteiger partial charge in [0.15, 0.2) is 11.2 Å². The number of fused-ring (bicyclic) bond motifs is 1. The monoisotopic (exact) mass is 282 g/mol. The quantitative estimate of drug-likeness (QED) is 0.812. The highest BCUT2D eigenvalue weighted by Crippen LogP contribution is 2.30. The second-order valence-corrected chi connectivity index (χ2v) is 6.44. The lowest BCUT2D eigenvalue weighted by Crippen LogP contribution is -2.18. The smallest absolute Gasteiger partial charge is 0.245 e. The maximum atomic E-state index is 6.23. The molecule has 1 unspecified atom stereocenters. The van der Waals surface area contributed by atoms with Crippen LogP contribution in [-0.4, -0.2) is 26.6 Å². The number of rotatable bonds is 3. The summed E-state index contributed by atoms with van der Waals surface area (Å²) in [6.07, 6.45) is 1.49. The Hall–Kier alpha value is -1.36. The van der Waals surface area contributed by atoms with E-state index < -0.39 is 0 Å². The number of hydrogen-bond donors (Lipinski definition) is 0. The van der Waals surface area contributed by atoms with Gasteiger partial charge in [-0.3, -0.25) is 0 Å². The first-order valence-electron chi connectivity index (χ1n) is 6.22. The first-order valence-corrected chi connectivity index (χ1v) is 6.66. The maximum Gasteiger partial charge on any atom is 0.245 e. The van der Waals surface area contributed by atoms with Crippen LogP contribution >= 0.6 is 11.6 Å². The summed E-state index contributed by atoms with van der Waals surface area (Å²) in [5, 5.41) is -0.193. The van der Waals surface area contributed by atoms with Crippen molar-refractivity contribution in [3.05, 3.63) is 12.2 Å². The summed E-state index contributed by atoms with van der Waals surface area (Å²) in [5.41, 5.74) is 1.54. The van der Waals surface area contributed by atoms with Crippen molar-refractivity contribution in [1.82, 2.24) is 19.5 Å². The highest BCUT2D eigenvalue weighted by molar-refractivity contribution is 6.20. The van der Waals surface area contributed by atoms with E-state index in [1.54, 1.807) is 7.11 Å². The molecule has 2 aromatic heterocycles. The average molecular weight is 283 g/mol. The third-order valence-corrected chi connectivity index (χ3v) is 2.90. The Labute approximate surface area is 118 Å². The van der Waals surface area contributed by atoms with Crippen molar-refractivity contribution in [2.45, 2.75) is 39.6 Å². The SMILES string of the molecule is COc1ncnc2c1nc(C(C)Cl)n2CC(C)(C)C. The lowest BCUT2D eigenvalue weighted by Gasteiger charge is -2.21. The second-order valence-electron chi connectivity index (χ2n) is 5.79. The molecule has 6 heteroatoms. The Balaban J connectivity index is 2.67. The van der Waals surface area contributed by atoms with Crippen molar-refractivity contribution >= 4 is 22.8 Å². The van der Waals surface area contributed by atoms with Gasteiger partial charge < -0.3 is 9.30 Å². The number of ether oxygens (including phenoxy) is 1. The van der Waals surface area contributed by atoms with Gasteiger partial charge in [-0.15, -0.1) is 11.6 Å². The number of methoxy groups -OCH3 is 1. The number of nitrogens with zero attached hydrogens (tertiary/aromatic N) is 4. The van der Waals surface area contributed by atoms with Crippen LogP contribution in [0.2, 0.25) is 0 Å². The van der Waals surface area contributed by atoms with Gasteiger partial charge >= 0.3 is 0 Å². The molecule has 0 amide bonds. The largest absolute Gasteiger partial charge is 0.479 e. The van der Waals surface area contributed by atoms with Crippen molar-refractivity contribution < 1.29 is 4.74 Å². The fourth-order valence-corrected chi connectivity index (χ4v) is 2.18. The van der Waals surface area contributed by atoms with E-state index in [2.05, 4.69) is 40.3 Å². The summed E-state index contributed by atoms with van der Waals surface area (Å²) in [6, 6.07) is 0. The molecule has 0 aliphatic heterocycles. The van der Waals surface area contributed by atoms with Crippen LogP contribution in [0.1, 0.15) is 38.9 Å². The molecule has 2 rings (SSSR count). The van der Waals surface area contributed by atoms with Gasteiger partial charge in [-0.1, -0.05) is 20.8 Å². The fraction of sp³-hybridized carbons (Fsp3) is 0.615. The number of halogens is 1. The minimum Gasteiger partial charge on any atom is -0.479 e. The summed E-state index contributed by atoms with van der Waals surface area (Å²) in [7, 11) is 1.58. The zero-order valence-electron chi connectivity index (χ0n) is 11.9. The van der Waals surface area contributed by atoms with Crippen LogP contribution in [0.15, 0.2) is 6.33 Å². The summed E-state index contributed by atoms with van der Waals surface area (Å²) in [6.45, 7) is 9.19. The highest BCUT2D eigenvalue weighted by Gasteiger charge is 2.22. The molecule has 5 nitrogen and oxygen atoms in total. The highest BCUT2D eigenvalue weighted by atomic mass is 35.5. The molecule has 0 N–H and O–H groups in total. The molecule has 0 saturated heterocycles. The van der Waals surface area contributed by atoms with E-state index in [4.69, 9.17) is 16.3 Å². The van der Waals surface area contributed by atoms with Gasteiger partial charge in [0.2, 0.25) is 5.88 Å². The van der Waals surface area contributed by atoms with Gasteiger partial charge in [-0.25, -0.2) is 9.97 Å². The second kappa shape index (κ2) is 4.96. The maximum absolute atomic E-state index is 6.23. The van der Waals surface area contributed by atoms with E-state index in [0.29, 0.717) is 11.4 Å². The van der Waals surface area contributed by atoms with Crippen LogP contribution in [0.4, 0.5) is 0 Å². The van der Waals surface area contributed by atoms with E-state index >= 15 is 0 Å². The molecular formula is C13H19ClN4O. The minimum absolute atomic E-state index is 0.104. The van der Waals surface area contributed by atoms with Gasteiger partial charge in [0, 0.05) is 6.54 Å². The Kier molecular flexibility index (Phi) is 3.67. The standard InChI is InChI=1S/C13H19ClN4O/c1-8(14)10-17-9-11(15-7-16-12(9)19-5)18(10)6-13(2,3)4/h7-8H,6H2,1-5H3. The van der Waals surface area contributed by atoms with Crippen molar-refractivity contribution in [2.24, 2.45) is 5.41 Å². The zero-order chi connectivity index (χ0) is 14.2. The van der Waals surface area contributed by atoms with E-state index in [1.165, 1.54) is 6.33 Å². The number of alkyl halides is 1. The molecule has 0 aliphatic rings. The lowest BCUT2D eigenvalue weighted by atomic mass is 9.97. The molecule has 0 radical (unpaired) electrons. The third kappa shape index (κ3) is 2.81. The molecule has 0 aromatic carbocycles. The average Bonchev–Trinajstić information content (AvgIpc) is 2.66. The van der Waals surface area contributed by atoms with E-state index in [1.807, 2.05) is 6.92 Å². The van der Waals surface area contributed by atoms with Gasteiger partial charge in [-0.2, -0.15) is 4.98 Å². The normalized spacial score (nSPS) is 13.8. The van der Waals surface area contributed by atoms with Gasteiger partial charge in [0.1, 0.15) is 12.2 Å². The van der Waals surface area contributed by atoms with Crippen LogP contribution in [-0.2, 0) is 6.54 Å². The van der Waals surface area contributed by atoms with E-state index in [0.717, 1.165) is 18.0 Å². The summed E-state index contributed by atoms with van der Waals surface area (Å²) < 4.78 is 7.29. The molecule has 0 fully saturated rings. The summed E-state index contributed by atoms with van der Waals surface area (Å²) in [4.78, 5) is 13.0. The first kappa shape index (κ1) is 14.1. The van der Waals surface area contributed by atoms with Gasteiger partial charge in [-0.05, 0) is 12.3 Å². The van der Waals surface area contributed by atoms with Crippen LogP contribution in [0.25, 0.3) is 11.2 Å². The Morgan fingerprint density at radius 3 is 2.58 bits per heavy atom. The number of imidazole rings is 1. The third-order valence-electron chi connectivity index (χ3n) is 2.71. The van der Waals surface area contributed by atoms with Crippen molar-refractivity contribution in [3.8, 4) is 5.88 Å². The lowest BCUT2D eigenvalue weighted by molar-refractivity contribution is 0.342.